The van der Waals surface area contributed by atoms with E-state index in [-0.39, 0.29) is 12.0 Å². The standard InChI is InChI=1S/C24H25IN2O3/c1-4-13-29-17(3)23-12-11-22(16(2)26-23)24(28)27-19-8-6-10-21(15-19)30-20-9-5-7-18(25)14-20/h5-12,14-15,17H,4,13H2,1-3H3,(H,27,28). The van der Waals surface area contributed by atoms with Crippen molar-refractivity contribution in [1.29, 1.82) is 0 Å². The summed E-state index contributed by atoms with van der Waals surface area (Å²) < 4.78 is 12.7. The average molecular weight is 516 g/mol. The molecule has 0 saturated carbocycles. The molecule has 1 atom stereocenters. The van der Waals surface area contributed by atoms with Gasteiger partial charge in [0.05, 0.1) is 23.1 Å². The van der Waals surface area contributed by atoms with Gasteiger partial charge in [0.15, 0.2) is 0 Å². The third-order valence-corrected chi connectivity index (χ3v) is 5.14. The largest absolute Gasteiger partial charge is 0.457 e. The van der Waals surface area contributed by atoms with Gasteiger partial charge in [-0.2, -0.15) is 0 Å². The second-order valence-electron chi connectivity index (χ2n) is 6.92. The highest BCUT2D eigenvalue weighted by atomic mass is 127. The Morgan fingerprint density at radius 1 is 1.10 bits per heavy atom. The Balaban J connectivity index is 1.70. The zero-order chi connectivity index (χ0) is 21.5. The Kier molecular flexibility index (Phi) is 7.81. The normalized spacial score (nSPS) is 11.7. The molecule has 1 N–H and O–H groups in total. The molecule has 1 unspecified atom stereocenters. The SMILES string of the molecule is CCCOC(C)c1ccc(C(=O)Nc2cccc(Oc3cccc(I)c3)c2)c(C)n1. The molecule has 0 saturated heterocycles. The van der Waals surface area contributed by atoms with Crippen molar-refractivity contribution in [3.63, 3.8) is 0 Å². The van der Waals surface area contributed by atoms with Gasteiger partial charge in [0.1, 0.15) is 11.5 Å². The van der Waals surface area contributed by atoms with Crippen molar-refractivity contribution < 1.29 is 14.3 Å². The van der Waals surface area contributed by atoms with Gasteiger partial charge in [-0.25, -0.2) is 0 Å². The van der Waals surface area contributed by atoms with E-state index in [1.807, 2.05) is 62.4 Å². The highest BCUT2D eigenvalue weighted by Gasteiger charge is 2.14. The molecular formula is C24H25IN2O3. The minimum Gasteiger partial charge on any atom is -0.457 e. The Morgan fingerprint density at radius 3 is 2.53 bits per heavy atom. The first-order chi connectivity index (χ1) is 14.5. The van der Waals surface area contributed by atoms with Crippen molar-refractivity contribution >= 4 is 34.2 Å². The van der Waals surface area contributed by atoms with E-state index in [2.05, 4.69) is 39.8 Å². The van der Waals surface area contributed by atoms with Gasteiger partial charge in [0.2, 0.25) is 0 Å². The monoisotopic (exact) mass is 516 g/mol. The molecule has 0 bridgehead atoms. The van der Waals surface area contributed by atoms with Crippen LogP contribution in [-0.4, -0.2) is 17.5 Å². The lowest BCUT2D eigenvalue weighted by Gasteiger charge is -2.14. The van der Waals surface area contributed by atoms with Crippen molar-refractivity contribution in [2.75, 3.05) is 11.9 Å². The number of aryl methyl sites for hydroxylation is 1. The van der Waals surface area contributed by atoms with Crippen LogP contribution >= 0.6 is 22.6 Å². The molecule has 1 aromatic heterocycles. The Hall–Kier alpha value is -2.45. The molecule has 1 amide bonds. The molecule has 156 valence electrons. The van der Waals surface area contributed by atoms with Crippen molar-refractivity contribution in [2.45, 2.75) is 33.3 Å². The van der Waals surface area contributed by atoms with E-state index in [1.165, 1.54) is 0 Å². The van der Waals surface area contributed by atoms with Crippen LogP contribution < -0.4 is 10.1 Å². The molecule has 0 fully saturated rings. The predicted molar refractivity (Wildman–Crippen MR) is 127 cm³/mol. The number of nitrogens with zero attached hydrogens (tertiary/aromatic N) is 1. The van der Waals surface area contributed by atoms with E-state index in [4.69, 9.17) is 9.47 Å². The van der Waals surface area contributed by atoms with Gasteiger partial charge in [-0.15, -0.1) is 0 Å². The number of aromatic nitrogens is 1. The molecule has 6 heteroatoms. The van der Waals surface area contributed by atoms with Crippen molar-refractivity contribution in [3.8, 4) is 11.5 Å². The highest BCUT2D eigenvalue weighted by Crippen LogP contribution is 2.26. The first kappa shape index (κ1) is 22.2. The molecule has 3 aromatic rings. The van der Waals surface area contributed by atoms with Crippen LogP contribution in [0.2, 0.25) is 0 Å². The second kappa shape index (κ2) is 10.5. The van der Waals surface area contributed by atoms with Crippen LogP contribution in [0.5, 0.6) is 11.5 Å². The number of halogens is 1. The van der Waals surface area contributed by atoms with Gasteiger partial charge >= 0.3 is 0 Å². The summed E-state index contributed by atoms with van der Waals surface area (Å²) in [6, 6.07) is 18.8. The fourth-order valence-corrected chi connectivity index (χ4v) is 3.44. The number of hydrogen-bond donors (Lipinski definition) is 1. The van der Waals surface area contributed by atoms with Crippen LogP contribution in [0.4, 0.5) is 5.69 Å². The third kappa shape index (κ3) is 6.03. The molecule has 30 heavy (non-hydrogen) atoms. The number of rotatable bonds is 8. The maximum absolute atomic E-state index is 12.8. The first-order valence-electron chi connectivity index (χ1n) is 9.90. The summed E-state index contributed by atoms with van der Waals surface area (Å²) in [5.74, 6) is 1.20. The lowest BCUT2D eigenvalue weighted by molar-refractivity contribution is 0.0632. The van der Waals surface area contributed by atoms with E-state index in [1.54, 1.807) is 12.1 Å². The van der Waals surface area contributed by atoms with Crippen LogP contribution in [-0.2, 0) is 4.74 Å². The fraction of sp³-hybridized carbons (Fsp3) is 0.250. The van der Waals surface area contributed by atoms with E-state index in [9.17, 15) is 4.79 Å². The van der Waals surface area contributed by atoms with Gasteiger partial charge in [-0.1, -0.05) is 19.1 Å². The lowest BCUT2D eigenvalue weighted by atomic mass is 10.1. The van der Waals surface area contributed by atoms with Crippen LogP contribution in [0.15, 0.2) is 60.7 Å². The maximum Gasteiger partial charge on any atom is 0.257 e. The molecule has 3 rings (SSSR count). The summed E-state index contributed by atoms with van der Waals surface area (Å²) in [6.45, 7) is 6.56. The third-order valence-electron chi connectivity index (χ3n) is 4.46. The molecular weight excluding hydrogens is 491 g/mol. The number of anilines is 1. The summed E-state index contributed by atoms with van der Waals surface area (Å²) >= 11 is 2.24. The Labute approximate surface area is 191 Å². The first-order valence-corrected chi connectivity index (χ1v) is 11.0. The van der Waals surface area contributed by atoms with E-state index >= 15 is 0 Å². The number of nitrogens with one attached hydrogen (secondary N) is 1. The molecule has 0 radical (unpaired) electrons. The Morgan fingerprint density at radius 2 is 1.83 bits per heavy atom. The number of amides is 1. The highest BCUT2D eigenvalue weighted by molar-refractivity contribution is 14.1. The summed E-state index contributed by atoms with van der Waals surface area (Å²) in [7, 11) is 0. The predicted octanol–water partition coefficient (Wildman–Crippen LogP) is 6.53. The minimum absolute atomic E-state index is 0.101. The summed E-state index contributed by atoms with van der Waals surface area (Å²) in [6.07, 6.45) is 0.853. The van der Waals surface area contributed by atoms with Crippen LogP contribution in [0.25, 0.3) is 0 Å². The smallest absolute Gasteiger partial charge is 0.257 e. The van der Waals surface area contributed by atoms with E-state index in [0.29, 0.717) is 29.3 Å². The number of carbonyl (C=O) groups excluding carboxylic acids is 1. The molecule has 0 aliphatic rings. The molecule has 0 spiro atoms. The average Bonchev–Trinajstić information content (AvgIpc) is 2.72. The van der Waals surface area contributed by atoms with Crippen molar-refractivity contribution in [2.24, 2.45) is 0 Å². The van der Waals surface area contributed by atoms with Crippen LogP contribution in [0.1, 0.15) is 48.1 Å². The summed E-state index contributed by atoms with van der Waals surface area (Å²) in [5, 5.41) is 2.93. The summed E-state index contributed by atoms with van der Waals surface area (Å²) in [5.41, 5.74) is 2.69. The quantitative estimate of drug-likeness (QED) is 0.346. The molecule has 1 heterocycles. The van der Waals surface area contributed by atoms with Crippen LogP contribution in [0, 0.1) is 10.5 Å². The number of hydrogen-bond acceptors (Lipinski definition) is 4. The van der Waals surface area contributed by atoms with Gasteiger partial charge in [0.25, 0.3) is 5.91 Å². The van der Waals surface area contributed by atoms with Gasteiger partial charge in [-0.3, -0.25) is 9.78 Å². The van der Waals surface area contributed by atoms with E-state index < -0.39 is 0 Å². The van der Waals surface area contributed by atoms with Gasteiger partial charge in [0, 0.05) is 21.9 Å². The maximum atomic E-state index is 12.8. The molecule has 2 aromatic carbocycles. The van der Waals surface area contributed by atoms with Crippen LogP contribution in [0.3, 0.4) is 0 Å². The minimum atomic E-state index is -0.208. The molecule has 5 nitrogen and oxygen atoms in total. The topological polar surface area (TPSA) is 60.5 Å². The zero-order valence-electron chi connectivity index (χ0n) is 17.3. The lowest BCUT2D eigenvalue weighted by Crippen LogP contribution is -2.15. The van der Waals surface area contributed by atoms with Crippen molar-refractivity contribution in [1.82, 2.24) is 4.98 Å². The number of pyridine rings is 1. The number of benzene rings is 2. The van der Waals surface area contributed by atoms with Gasteiger partial charge in [-0.05, 0) is 85.3 Å². The van der Waals surface area contributed by atoms with Gasteiger partial charge < -0.3 is 14.8 Å². The second-order valence-corrected chi connectivity index (χ2v) is 8.17. The fourth-order valence-electron chi connectivity index (χ4n) is 2.93. The number of carbonyl (C=O) groups is 1. The Bertz CT molecular complexity index is 1020. The number of ether oxygens (including phenoxy) is 2. The molecule has 0 aliphatic heterocycles. The van der Waals surface area contributed by atoms with Crippen molar-refractivity contribution in [3.05, 3.63) is 81.2 Å². The summed E-state index contributed by atoms with van der Waals surface area (Å²) in [4.78, 5) is 17.3. The molecule has 0 aliphatic carbocycles. The van der Waals surface area contributed by atoms with E-state index in [0.717, 1.165) is 21.4 Å². The zero-order valence-corrected chi connectivity index (χ0v) is 19.5.